The highest BCUT2D eigenvalue weighted by Gasteiger charge is 2.07. The highest BCUT2D eigenvalue weighted by Crippen LogP contribution is 1.88. The number of halogens is 1. The van der Waals surface area contributed by atoms with Crippen molar-refractivity contribution in [3.8, 4) is 0 Å². The minimum atomic E-state index is -0.426. The molecule has 0 aromatic carbocycles. The predicted molar refractivity (Wildman–Crippen MR) is 40.1 cm³/mol. The van der Waals surface area contributed by atoms with E-state index in [0.29, 0.717) is 13.1 Å². The number of hydrogen-bond donors (Lipinski definition) is 0. The smallest absolute Gasteiger partial charge is 0.319 e. The van der Waals surface area contributed by atoms with Crippen LogP contribution in [0.2, 0.25) is 0 Å². The van der Waals surface area contributed by atoms with Crippen LogP contribution in [0.1, 0.15) is 6.92 Å². The molecule has 0 aromatic heterocycles. The number of carbonyl (C=O) groups is 1. The Morgan fingerprint density at radius 1 is 1.64 bits per heavy atom. The van der Waals surface area contributed by atoms with Gasteiger partial charge in [0.2, 0.25) is 0 Å². The van der Waals surface area contributed by atoms with Crippen LogP contribution in [0.5, 0.6) is 0 Å². The first-order valence-electron chi connectivity index (χ1n) is 3.59. The van der Waals surface area contributed by atoms with Gasteiger partial charge in [-0.05, 0) is 6.54 Å². The number of alkyl halides is 1. The molecule has 0 bridgehead atoms. The normalized spacial score (nSPS) is 10.2. The van der Waals surface area contributed by atoms with Gasteiger partial charge < -0.3 is 4.74 Å². The van der Waals surface area contributed by atoms with Crippen molar-refractivity contribution in [2.75, 3.05) is 33.4 Å². The molecule has 0 rings (SSSR count). The monoisotopic (exact) mass is 163 g/mol. The van der Waals surface area contributed by atoms with Gasteiger partial charge in [-0.25, -0.2) is 4.39 Å². The van der Waals surface area contributed by atoms with E-state index in [4.69, 9.17) is 0 Å². The van der Waals surface area contributed by atoms with Crippen LogP contribution in [-0.4, -0.2) is 44.3 Å². The molecule has 0 aliphatic heterocycles. The molecule has 0 saturated carbocycles. The van der Waals surface area contributed by atoms with E-state index in [2.05, 4.69) is 4.74 Å². The molecule has 0 unspecified atom stereocenters. The molecule has 0 radical (unpaired) electrons. The molecular formula is C7H14FNO2. The molecular weight excluding hydrogens is 149 g/mol. The molecule has 66 valence electrons. The van der Waals surface area contributed by atoms with Crippen molar-refractivity contribution in [1.82, 2.24) is 4.90 Å². The van der Waals surface area contributed by atoms with Crippen LogP contribution < -0.4 is 0 Å². The molecule has 0 spiro atoms. The lowest BCUT2D eigenvalue weighted by Crippen LogP contribution is -2.32. The van der Waals surface area contributed by atoms with Gasteiger partial charge >= 0.3 is 5.97 Å². The number of hydrogen-bond acceptors (Lipinski definition) is 3. The molecule has 3 nitrogen and oxygen atoms in total. The van der Waals surface area contributed by atoms with Gasteiger partial charge in [-0.3, -0.25) is 9.69 Å². The standard InChI is InChI=1S/C7H14FNO2/c1-3-9(5-4-8)6-7(10)11-2/h3-6H2,1-2H3. The van der Waals surface area contributed by atoms with Gasteiger partial charge in [0.25, 0.3) is 0 Å². The van der Waals surface area contributed by atoms with Crippen LogP contribution in [-0.2, 0) is 9.53 Å². The average molecular weight is 163 g/mol. The first kappa shape index (κ1) is 10.4. The zero-order valence-electron chi connectivity index (χ0n) is 6.97. The van der Waals surface area contributed by atoms with Crippen LogP contribution in [0.15, 0.2) is 0 Å². The van der Waals surface area contributed by atoms with E-state index < -0.39 is 6.67 Å². The van der Waals surface area contributed by atoms with Crippen molar-refractivity contribution in [2.45, 2.75) is 6.92 Å². The summed E-state index contributed by atoms with van der Waals surface area (Å²) in [5.74, 6) is -0.319. The van der Waals surface area contributed by atoms with Gasteiger partial charge in [0.1, 0.15) is 6.67 Å². The summed E-state index contributed by atoms with van der Waals surface area (Å²) >= 11 is 0. The Balaban J connectivity index is 3.58. The minimum Gasteiger partial charge on any atom is -0.468 e. The number of likely N-dealkylation sites (N-methyl/N-ethyl adjacent to an activating group) is 1. The summed E-state index contributed by atoms with van der Waals surface area (Å²) in [6.07, 6.45) is 0. The summed E-state index contributed by atoms with van der Waals surface area (Å²) in [5, 5.41) is 0. The summed E-state index contributed by atoms with van der Waals surface area (Å²) in [7, 11) is 1.33. The SMILES string of the molecule is CCN(CCF)CC(=O)OC. The fraction of sp³-hybridized carbons (Fsp3) is 0.857. The first-order valence-corrected chi connectivity index (χ1v) is 3.59. The summed E-state index contributed by atoms with van der Waals surface area (Å²) in [6, 6.07) is 0. The van der Waals surface area contributed by atoms with E-state index in [9.17, 15) is 9.18 Å². The third-order valence-electron chi connectivity index (χ3n) is 1.43. The fourth-order valence-corrected chi connectivity index (χ4v) is 0.716. The van der Waals surface area contributed by atoms with Gasteiger partial charge in [-0.1, -0.05) is 6.92 Å². The third kappa shape index (κ3) is 4.72. The Hall–Kier alpha value is -0.640. The van der Waals surface area contributed by atoms with Crippen molar-refractivity contribution in [1.29, 1.82) is 0 Å². The second-order valence-electron chi connectivity index (χ2n) is 2.13. The van der Waals surface area contributed by atoms with Gasteiger partial charge in [0.15, 0.2) is 0 Å². The van der Waals surface area contributed by atoms with Gasteiger partial charge in [0.05, 0.1) is 13.7 Å². The Bertz CT molecular complexity index is 119. The van der Waals surface area contributed by atoms with Crippen LogP contribution in [0.4, 0.5) is 4.39 Å². The number of esters is 1. The molecule has 0 N–H and O–H groups in total. The molecule has 0 aromatic rings. The van der Waals surface area contributed by atoms with E-state index in [-0.39, 0.29) is 12.5 Å². The largest absolute Gasteiger partial charge is 0.468 e. The Kier molecular flexibility index (Phi) is 5.74. The molecule has 0 fully saturated rings. The summed E-state index contributed by atoms with van der Waals surface area (Å²) in [6.45, 7) is 2.59. The van der Waals surface area contributed by atoms with Crippen molar-refractivity contribution < 1.29 is 13.9 Å². The van der Waals surface area contributed by atoms with Gasteiger partial charge in [-0.2, -0.15) is 0 Å². The number of nitrogens with zero attached hydrogens (tertiary/aromatic N) is 1. The van der Waals surface area contributed by atoms with Crippen LogP contribution in [0, 0.1) is 0 Å². The van der Waals surface area contributed by atoms with E-state index in [1.54, 1.807) is 4.90 Å². The quantitative estimate of drug-likeness (QED) is 0.551. The molecule has 0 aliphatic carbocycles. The fourth-order valence-electron chi connectivity index (χ4n) is 0.716. The first-order chi connectivity index (χ1) is 5.24. The van der Waals surface area contributed by atoms with Crippen molar-refractivity contribution in [3.05, 3.63) is 0 Å². The predicted octanol–water partition coefficient (Wildman–Crippen LogP) is 0.451. The van der Waals surface area contributed by atoms with Crippen molar-refractivity contribution in [2.24, 2.45) is 0 Å². The lowest BCUT2D eigenvalue weighted by atomic mass is 10.5. The molecule has 4 heteroatoms. The highest BCUT2D eigenvalue weighted by atomic mass is 19.1. The summed E-state index contributed by atoms with van der Waals surface area (Å²) in [5.41, 5.74) is 0. The maximum Gasteiger partial charge on any atom is 0.319 e. The van der Waals surface area contributed by atoms with Crippen LogP contribution in [0.25, 0.3) is 0 Å². The Labute approximate surface area is 66.1 Å². The van der Waals surface area contributed by atoms with Gasteiger partial charge in [0, 0.05) is 6.54 Å². The molecule has 0 saturated heterocycles. The molecule has 0 atom stereocenters. The topological polar surface area (TPSA) is 29.5 Å². The number of ether oxygens (including phenoxy) is 1. The third-order valence-corrected chi connectivity index (χ3v) is 1.43. The summed E-state index contributed by atoms with van der Waals surface area (Å²) < 4.78 is 16.2. The number of rotatable bonds is 5. The van der Waals surface area contributed by atoms with E-state index in [0.717, 1.165) is 0 Å². The van der Waals surface area contributed by atoms with Crippen molar-refractivity contribution in [3.63, 3.8) is 0 Å². The van der Waals surface area contributed by atoms with Gasteiger partial charge in [-0.15, -0.1) is 0 Å². The molecule has 0 heterocycles. The highest BCUT2D eigenvalue weighted by molar-refractivity contribution is 5.71. The van der Waals surface area contributed by atoms with E-state index in [1.165, 1.54) is 7.11 Å². The summed E-state index contributed by atoms with van der Waals surface area (Å²) in [4.78, 5) is 12.4. The second kappa shape index (κ2) is 6.09. The number of methoxy groups -OCH3 is 1. The average Bonchev–Trinajstić information content (AvgIpc) is 2.03. The zero-order chi connectivity index (χ0) is 8.69. The maximum absolute atomic E-state index is 11.8. The minimum absolute atomic E-state index is 0.177. The van der Waals surface area contributed by atoms with E-state index >= 15 is 0 Å². The maximum atomic E-state index is 11.8. The zero-order valence-corrected chi connectivity index (χ0v) is 6.97. The van der Waals surface area contributed by atoms with Crippen LogP contribution >= 0.6 is 0 Å². The lowest BCUT2D eigenvalue weighted by molar-refractivity contribution is -0.141. The second-order valence-corrected chi connectivity index (χ2v) is 2.13. The lowest BCUT2D eigenvalue weighted by Gasteiger charge is -2.16. The van der Waals surface area contributed by atoms with Crippen LogP contribution in [0.3, 0.4) is 0 Å². The number of carbonyl (C=O) groups excluding carboxylic acids is 1. The molecule has 11 heavy (non-hydrogen) atoms. The molecule has 0 amide bonds. The molecule has 0 aliphatic rings. The Morgan fingerprint density at radius 2 is 2.27 bits per heavy atom. The van der Waals surface area contributed by atoms with E-state index in [1.807, 2.05) is 6.92 Å². The van der Waals surface area contributed by atoms with Crippen molar-refractivity contribution >= 4 is 5.97 Å². The Morgan fingerprint density at radius 3 is 2.64 bits per heavy atom.